The molecule has 1 rings (SSSR count). The van der Waals surface area contributed by atoms with E-state index in [0.29, 0.717) is 18.0 Å². The van der Waals surface area contributed by atoms with Crippen molar-refractivity contribution in [3.05, 3.63) is 15.8 Å². The summed E-state index contributed by atoms with van der Waals surface area (Å²) in [6.45, 7) is 6.36. The first-order chi connectivity index (χ1) is 9.43. The van der Waals surface area contributed by atoms with Crippen molar-refractivity contribution < 1.29 is 13.2 Å². The Bertz CT molecular complexity index is 512. The second-order valence-electron chi connectivity index (χ2n) is 4.63. The van der Waals surface area contributed by atoms with Gasteiger partial charge in [0.25, 0.3) is 0 Å². The van der Waals surface area contributed by atoms with Crippen molar-refractivity contribution in [3.63, 3.8) is 0 Å². The number of nitrogens with zero attached hydrogens (tertiary/aromatic N) is 1. The summed E-state index contributed by atoms with van der Waals surface area (Å²) in [5, 5.41) is 3.29. The molecule has 0 saturated carbocycles. The molecule has 0 saturated heterocycles. The van der Waals surface area contributed by atoms with Gasteiger partial charge in [-0.2, -0.15) is 4.31 Å². The normalized spacial score (nSPS) is 12.2. The second-order valence-corrected chi connectivity index (χ2v) is 7.98. The predicted octanol–water partition coefficient (Wildman–Crippen LogP) is 1.82. The Kier molecular flexibility index (Phi) is 7.11. The van der Waals surface area contributed by atoms with E-state index in [9.17, 15) is 8.42 Å². The molecule has 5 nitrogen and oxygen atoms in total. The van der Waals surface area contributed by atoms with Crippen molar-refractivity contribution in [2.75, 3.05) is 33.9 Å². The monoisotopic (exact) mass is 320 g/mol. The van der Waals surface area contributed by atoms with Crippen LogP contribution < -0.4 is 5.32 Å². The molecule has 1 N–H and O–H groups in total. The SMILES string of the molecule is CCCNCc1cc(S(=O)(=O)N(C)CCOC)c(C)s1. The van der Waals surface area contributed by atoms with Gasteiger partial charge in [-0.15, -0.1) is 11.3 Å². The molecule has 0 amide bonds. The molecule has 1 aromatic rings. The molecule has 20 heavy (non-hydrogen) atoms. The van der Waals surface area contributed by atoms with Crippen LogP contribution in [0.3, 0.4) is 0 Å². The van der Waals surface area contributed by atoms with E-state index in [0.717, 1.165) is 29.3 Å². The smallest absolute Gasteiger partial charge is 0.244 e. The molecule has 116 valence electrons. The summed E-state index contributed by atoms with van der Waals surface area (Å²) >= 11 is 1.53. The maximum absolute atomic E-state index is 12.5. The quantitative estimate of drug-likeness (QED) is 0.705. The van der Waals surface area contributed by atoms with E-state index in [1.54, 1.807) is 20.2 Å². The highest BCUT2D eigenvalue weighted by Crippen LogP contribution is 2.27. The van der Waals surface area contributed by atoms with Crippen LogP contribution in [0, 0.1) is 6.92 Å². The predicted molar refractivity (Wildman–Crippen MR) is 82.7 cm³/mol. The van der Waals surface area contributed by atoms with Gasteiger partial charge in [-0.25, -0.2) is 8.42 Å². The molecular weight excluding hydrogens is 296 g/mol. The number of aryl methyl sites for hydroxylation is 1. The maximum atomic E-state index is 12.5. The Hall–Kier alpha value is -0.470. The highest BCUT2D eigenvalue weighted by Gasteiger charge is 2.24. The lowest BCUT2D eigenvalue weighted by atomic mass is 10.4. The van der Waals surface area contributed by atoms with Crippen LogP contribution >= 0.6 is 11.3 Å². The first-order valence-corrected chi connectivity index (χ1v) is 8.94. The molecule has 0 unspecified atom stereocenters. The molecule has 0 fully saturated rings. The van der Waals surface area contributed by atoms with Crippen LogP contribution in [0.5, 0.6) is 0 Å². The Balaban J connectivity index is 2.84. The van der Waals surface area contributed by atoms with Gasteiger partial charge in [0.15, 0.2) is 0 Å². The summed E-state index contributed by atoms with van der Waals surface area (Å²) in [5.41, 5.74) is 0. The zero-order valence-corrected chi connectivity index (χ0v) is 14.2. The van der Waals surface area contributed by atoms with Crippen LogP contribution in [-0.4, -0.2) is 46.6 Å². The van der Waals surface area contributed by atoms with Crippen LogP contribution in [-0.2, 0) is 21.3 Å². The molecule has 0 aliphatic rings. The number of hydrogen-bond donors (Lipinski definition) is 1. The minimum atomic E-state index is -3.42. The minimum Gasteiger partial charge on any atom is -0.383 e. The second kappa shape index (κ2) is 8.09. The van der Waals surface area contributed by atoms with Crippen LogP contribution in [0.1, 0.15) is 23.1 Å². The summed E-state index contributed by atoms with van der Waals surface area (Å²) < 4.78 is 31.2. The van der Waals surface area contributed by atoms with Crippen LogP contribution in [0.25, 0.3) is 0 Å². The molecule has 0 atom stereocenters. The lowest BCUT2D eigenvalue weighted by Crippen LogP contribution is -2.30. The molecule has 1 aromatic heterocycles. The first kappa shape index (κ1) is 17.6. The standard InChI is InChI=1S/C13H24N2O3S2/c1-5-6-14-10-12-9-13(11(2)19-12)20(16,17)15(3)7-8-18-4/h9,14H,5-8,10H2,1-4H3. The largest absolute Gasteiger partial charge is 0.383 e. The number of thiophene rings is 1. The molecule has 0 spiro atoms. The van der Waals surface area contributed by atoms with Crippen LogP contribution in [0.15, 0.2) is 11.0 Å². The average Bonchev–Trinajstić information content (AvgIpc) is 2.78. The number of methoxy groups -OCH3 is 1. The van der Waals surface area contributed by atoms with Crippen molar-refractivity contribution in [2.24, 2.45) is 0 Å². The number of rotatable bonds is 9. The fraction of sp³-hybridized carbons (Fsp3) is 0.692. The van der Waals surface area contributed by atoms with Gasteiger partial charge in [-0.05, 0) is 26.0 Å². The van der Waals surface area contributed by atoms with E-state index in [2.05, 4.69) is 12.2 Å². The van der Waals surface area contributed by atoms with Gasteiger partial charge in [0.1, 0.15) is 0 Å². The lowest BCUT2D eigenvalue weighted by Gasteiger charge is -2.16. The van der Waals surface area contributed by atoms with Gasteiger partial charge in [0, 0.05) is 37.0 Å². The van der Waals surface area contributed by atoms with E-state index in [1.165, 1.54) is 15.6 Å². The van der Waals surface area contributed by atoms with Gasteiger partial charge in [0.05, 0.1) is 11.5 Å². The summed E-state index contributed by atoms with van der Waals surface area (Å²) in [6.07, 6.45) is 1.06. The summed E-state index contributed by atoms with van der Waals surface area (Å²) in [5.74, 6) is 0. The van der Waals surface area contributed by atoms with Crippen LogP contribution in [0.4, 0.5) is 0 Å². The van der Waals surface area contributed by atoms with Gasteiger partial charge in [0.2, 0.25) is 10.0 Å². The summed E-state index contributed by atoms with van der Waals surface area (Å²) in [7, 11) is -0.269. The summed E-state index contributed by atoms with van der Waals surface area (Å²) in [4.78, 5) is 2.30. The number of likely N-dealkylation sites (N-methyl/N-ethyl adjacent to an activating group) is 1. The van der Waals surface area contributed by atoms with Crippen molar-refractivity contribution >= 4 is 21.4 Å². The molecule has 1 heterocycles. The Labute approximate surface area is 126 Å². The van der Waals surface area contributed by atoms with Crippen LogP contribution in [0.2, 0.25) is 0 Å². The van der Waals surface area contributed by atoms with E-state index >= 15 is 0 Å². The Morgan fingerprint density at radius 3 is 2.75 bits per heavy atom. The van der Waals surface area contributed by atoms with E-state index in [1.807, 2.05) is 6.92 Å². The zero-order chi connectivity index (χ0) is 15.2. The van der Waals surface area contributed by atoms with E-state index in [-0.39, 0.29) is 0 Å². The highest BCUT2D eigenvalue weighted by atomic mass is 32.2. The Morgan fingerprint density at radius 1 is 1.45 bits per heavy atom. The molecule has 0 aliphatic carbocycles. The Morgan fingerprint density at radius 2 is 2.15 bits per heavy atom. The van der Waals surface area contributed by atoms with Gasteiger partial charge >= 0.3 is 0 Å². The van der Waals surface area contributed by atoms with Crippen molar-refractivity contribution in [2.45, 2.75) is 31.7 Å². The number of hydrogen-bond acceptors (Lipinski definition) is 5. The molecule has 0 bridgehead atoms. The van der Waals surface area contributed by atoms with E-state index < -0.39 is 10.0 Å². The van der Waals surface area contributed by atoms with E-state index in [4.69, 9.17) is 4.74 Å². The number of ether oxygens (including phenoxy) is 1. The first-order valence-electron chi connectivity index (χ1n) is 6.68. The zero-order valence-electron chi connectivity index (χ0n) is 12.6. The molecular formula is C13H24N2O3S2. The molecule has 7 heteroatoms. The number of sulfonamides is 1. The third-order valence-corrected chi connectivity index (χ3v) is 6.11. The third kappa shape index (κ3) is 4.53. The lowest BCUT2D eigenvalue weighted by molar-refractivity contribution is 0.185. The summed E-state index contributed by atoms with van der Waals surface area (Å²) in [6, 6.07) is 1.78. The minimum absolute atomic E-state index is 0.359. The number of nitrogens with one attached hydrogen (secondary N) is 1. The third-order valence-electron chi connectivity index (χ3n) is 2.95. The molecule has 0 aromatic carbocycles. The fourth-order valence-electron chi connectivity index (χ4n) is 1.76. The van der Waals surface area contributed by atoms with Gasteiger partial charge in [-0.3, -0.25) is 0 Å². The average molecular weight is 320 g/mol. The van der Waals surface area contributed by atoms with Crippen molar-refractivity contribution in [3.8, 4) is 0 Å². The van der Waals surface area contributed by atoms with Crippen molar-refractivity contribution in [1.82, 2.24) is 9.62 Å². The fourth-order valence-corrected chi connectivity index (χ4v) is 4.49. The maximum Gasteiger partial charge on any atom is 0.244 e. The van der Waals surface area contributed by atoms with Crippen molar-refractivity contribution in [1.29, 1.82) is 0 Å². The highest BCUT2D eigenvalue weighted by molar-refractivity contribution is 7.89. The van der Waals surface area contributed by atoms with Gasteiger partial charge in [-0.1, -0.05) is 6.92 Å². The molecule has 0 aliphatic heterocycles. The topological polar surface area (TPSA) is 58.6 Å². The molecule has 0 radical (unpaired) electrons. The van der Waals surface area contributed by atoms with Gasteiger partial charge < -0.3 is 10.1 Å².